The highest BCUT2D eigenvalue weighted by atomic mass is 16.2. The Balaban J connectivity index is 2.25. The minimum absolute atomic E-state index is 0.0357. The van der Waals surface area contributed by atoms with Crippen molar-refractivity contribution in [3.05, 3.63) is 0 Å². The summed E-state index contributed by atoms with van der Waals surface area (Å²) in [6.07, 6.45) is 2.72. The average molecular weight is 254 g/mol. The van der Waals surface area contributed by atoms with Crippen LogP contribution in [0, 0.1) is 0 Å². The van der Waals surface area contributed by atoms with Gasteiger partial charge in [0.05, 0.1) is 0 Å². The summed E-state index contributed by atoms with van der Waals surface area (Å²) in [6.45, 7) is 4.77. The number of rotatable bonds is 5. The standard InChI is InChI=1S/C13H22N2O3/c1-3-13(18)15-8-6-11(7-9-15)14-12(17)5-4-10(2)16/h11H,3-9H2,1-2H3,(H,14,17). The zero-order chi connectivity index (χ0) is 13.5. The zero-order valence-electron chi connectivity index (χ0n) is 11.2. The number of carbonyl (C=O) groups is 3. The minimum atomic E-state index is -0.0644. The first-order valence-electron chi connectivity index (χ1n) is 6.59. The summed E-state index contributed by atoms with van der Waals surface area (Å²) in [5, 5.41) is 2.92. The Morgan fingerprint density at radius 2 is 1.78 bits per heavy atom. The van der Waals surface area contributed by atoms with E-state index in [-0.39, 0.29) is 30.1 Å². The van der Waals surface area contributed by atoms with Gasteiger partial charge in [-0.25, -0.2) is 0 Å². The van der Waals surface area contributed by atoms with Gasteiger partial charge in [-0.1, -0.05) is 6.92 Å². The molecule has 2 amide bonds. The minimum Gasteiger partial charge on any atom is -0.353 e. The SMILES string of the molecule is CCC(=O)N1CCC(NC(=O)CCC(C)=O)CC1. The van der Waals surface area contributed by atoms with Gasteiger partial charge >= 0.3 is 0 Å². The average Bonchev–Trinajstić information content (AvgIpc) is 2.36. The normalized spacial score (nSPS) is 16.4. The number of Topliss-reactive ketones (excluding diaryl/α,β-unsaturated/α-hetero) is 1. The molecule has 0 aromatic heterocycles. The van der Waals surface area contributed by atoms with Crippen LogP contribution in [-0.4, -0.2) is 41.6 Å². The maximum Gasteiger partial charge on any atom is 0.222 e. The van der Waals surface area contributed by atoms with Crippen molar-refractivity contribution in [2.45, 2.75) is 52.0 Å². The molecule has 5 heteroatoms. The second-order valence-corrected chi connectivity index (χ2v) is 4.78. The second-order valence-electron chi connectivity index (χ2n) is 4.78. The third-order valence-corrected chi connectivity index (χ3v) is 3.22. The molecule has 1 aliphatic heterocycles. The van der Waals surface area contributed by atoms with Gasteiger partial charge in [0.1, 0.15) is 5.78 Å². The molecule has 5 nitrogen and oxygen atoms in total. The number of hydrogen-bond donors (Lipinski definition) is 1. The van der Waals surface area contributed by atoms with Gasteiger partial charge in [-0.2, -0.15) is 0 Å². The molecule has 0 spiro atoms. The van der Waals surface area contributed by atoms with Gasteiger partial charge in [-0.05, 0) is 19.8 Å². The molecule has 1 fully saturated rings. The van der Waals surface area contributed by atoms with E-state index in [1.165, 1.54) is 6.92 Å². The topological polar surface area (TPSA) is 66.5 Å². The molecule has 0 bridgehead atoms. The van der Waals surface area contributed by atoms with Crippen molar-refractivity contribution in [3.63, 3.8) is 0 Å². The fourth-order valence-corrected chi connectivity index (χ4v) is 2.09. The van der Waals surface area contributed by atoms with E-state index in [2.05, 4.69) is 5.32 Å². The highest BCUT2D eigenvalue weighted by Gasteiger charge is 2.22. The van der Waals surface area contributed by atoms with Crippen LogP contribution in [0.2, 0.25) is 0 Å². The zero-order valence-corrected chi connectivity index (χ0v) is 11.2. The van der Waals surface area contributed by atoms with E-state index < -0.39 is 0 Å². The van der Waals surface area contributed by atoms with Crippen LogP contribution in [0.25, 0.3) is 0 Å². The van der Waals surface area contributed by atoms with E-state index >= 15 is 0 Å². The largest absolute Gasteiger partial charge is 0.353 e. The molecule has 0 aromatic carbocycles. The fourth-order valence-electron chi connectivity index (χ4n) is 2.09. The third kappa shape index (κ3) is 4.85. The Morgan fingerprint density at radius 3 is 2.28 bits per heavy atom. The maximum absolute atomic E-state index is 11.5. The van der Waals surface area contributed by atoms with E-state index in [1.807, 2.05) is 11.8 Å². The molecule has 0 aromatic rings. The lowest BCUT2D eigenvalue weighted by molar-refractivity contribution is -0.132. The Bertz CT molecular complexity index is 320. The molecule has 18 heavy (non-hydrogen) atoms. The lowest BCUT2D eigenvalue weighted by Crippen LogP contribution is -2.46. The molecule has 1 aliphatic rings. The van der Waals surface area contributed by atoms with Gasteiger partial charge in [-0.3, -0.25) is 9.59 Å². The van der Waals surface area contributed by atoms with E-state index in [1.54, 1.807) is 0 Å². The number of hydrogen-bond acceptors (Lipinski definition) is 3. The quantitative estimate of drug-likeness (QED) is 0.791. The van der Waals surface area contributed by atoms with Crippen molar-refractivity contribution < 1.29 is 14.4 Å². The van der Waals surface area contributed by atoms with E-state index in [0.29, 0.717) is 25.9 Å². The fraction of sp³-hybridized carbons (Fsp3) is 0.769. The molecule has 1 rings (SSSR count). The van der Waals surface area contributed by atoms with Gasteiger partial charge in [-0.15, -0.1) is 0 Å². The highest BCUT2D eigenvalue weighted by Crippen LogP contribution is 2.11. The summed E-state index contributed by atoms with van der Waals surface area (Å²) in [5.74, 6) is 0.148. The number of ketones is 1. The second kappa shape index (κ2) is 7.13. The van der Waals surface area contributed by atoms with Crippen LogP contribution in [0.5, 0.6) is 0 Å². The number of nitrogens with one attached hydrogen (secondary N) is 1. The van der Waals surface area contributed by atoms with Crippen LogP contribution in [0.1, 0.15) is 46.0 Å². The molecule has 1 heterocycles. The van der Waals surface area contributed by atoms with Gasteiger partial charge in [0.25, 0.3) is 0 Å². The number of likely N-dealkylation sites (tertiary alicyclic amines) is 1. The van der Waals surface area contributed by atoms with Gasteiger partial charge in [0.2, 0.25) is 11.8 Å². The van der Waals surface area contributed by atoms with Crippen molar-refractivity contribution in [3.8, 4) is 0 Å². The maximum atomic E-state index is 11.5. The van der Waals surface area contributed by atoms with Crippen LogP contribution >= 0.6 is 0 Å². The lowest BCUT2D eigenvalue weighted by atomic mass is 10.0. The molecule has 0 unspecified atom stereocenters. The number of piperidine rings is 1. The molecule has 0 saturated carbocycles. The molecule has 0 aliphatic carbocycles. The van der Waals surface area contributed by atoms with Crippen LogP contribution in [0.4, 0.5) is 0 Å². The Labute approximate surface area is 108 Å². The lowest BCUT2D eigenvalue weighted by Gasteiger charge is -2.32. The molecule has 0 radical (unpaired) electrons. The van der Waals surface area contributed by atoms with Gasteiger partial charge in [0, 0.05) is 38.4 Å². The van der Waals surface area contributed by atoms with Crippen molar-refractivity contribution in [2.75, 3.05) is 13.1 Å². The first-order valence-corrected chi connectivity index (χ1v) is 6.59. The first-order chi connectivity index (χ1) is 8.52. The third-order valence-electron chi connectivity index (χ3n) is 3.22. The van der Waals surface area contributed by atoms with E-state index in [4.69, 9.17) is 0 Å². The molecule has 102 valence electrons. The first kappa shape index (κ1) is 14.7. The molecule has 1 N–H and O–H groups in total. The summed E-state index contributed by atoms with van der Waals surface area (Å²) in [4.78, 5) is 35.6. The number of carbonyl (C=O) groups excluding carboxylic acids is 3. The summed E-state index contributed by atoms with van der Waals surface area (Å²) >= 11 is 0. The summed E-state index contributed by atoms with van der Waals surface area (Å²) in [6, 6.07) is 0.144. The van der Waals surface area contributed by atoms with Gasteiger partial charge < -0.3 is 15.0 Å². The molecule has 1 saturated heterocycles. The summed E-state index contributed by atoms with van der Waals surface area (Å²) in [7, 11) is 0. The Morgan fingerprint density at radius 1 is 1.17 bits per heavy atom. The summed E-state index contributed by atoms with van der Waals surface area (Å²) in [5.41, 5.74) is 0. The van der Waals surface area contributed by atoms with Crippen molar-refractivity contribution >= 4 is 17.6 Å². The molecule has 0 atom stereocenters. The van der Waals surface area contributed by atoms with Crippen LogP contribution < -0.4 is 5.32 Å². The monoisotopic (exact) mass is 254 g/mol. The predicted molar refractivity (Wildman–Crippen MR) is 68.0 cm³/mol. The number of nitrogens with zero attached hydrogens (tertiary/aromatic N) is 1. The summed E-state index contributed by atoms with van der Waals surface area (Å²) < 4.78 is 0. The van der Waals surface area contributed by atoms with E-state index in [0.717, 1.165) is 12.8 Å². The van der Waals surface area contributed by atoms with Crippen molar-refractivity contribution in [2.24, 2.45) is 0 Å². The Hall–Kier alpha value is -1.39. The van der Waals surface area contributed by atoms with Crippen LogP contribution in [0.15, 0.2) is 0 Å². The molecular formula is C13H22N2O3. The molecular weight excluding hydrogens is 232 g/mol. The number of amides is 2. The predicted octanol–water partition coefficient (Wildman–Crippen LogP) is 0.873. The van der Waals surface area contributed by atoms with Crippen molar-refractivity contribution in [1.29, 1.82) is 0 Å². The highest BCUT2D eigenvalue weighted by molar-refractivity contribution is 5.83. The van der Waals surface area contributed by atoms with E-state index in [9.17, 15) is 14.4 Å². The van der Waals surface area contributed by atoms with Crippen LogP contribution in [-0.2, 0) is 14.4 Å². The van der Waals surface area contributed by atoms with Crippen LogP contribution in [0.3, 0.4) is 0 Å². The van der Waals surface area contributed by atoms with Crippen molar-refractivity contribution in [1.82, 2.24) is 10.2 Å². The smallest absolute Gasteiger partial charge is 0.222 e. The van der Waals surface area contributed by atoms with Gasteiger partial charge in [0.15, 0.2) is 0 Å². The Kier molecular flexibility index (Phi) is 5.82.